The molecular formula is C35H38Br2N2O5. The summed E-state index contributed by atoms with van der Waals surface area (Å²) in [6, 6.07) is 27.4. The summed E-state index contributed by atoms with van der Waals surface area (Å²) in [4.78, 5) is 14.5. The summed E-state index contributed by atoms with van der Waals surface area (Å²) >= 11 is 7.07. The molecular weight excluding hydrogens is 688 g/mol. The van der Waals surface area contributed by atoms with Gasteiger partial charge in [0.25, 0.3) is 0 Å². The van der Waals surface area contributed by atoms with Crippen molar-refractivity contribution >= 4 is 37.6 Å². The van der Waals surface area contributed by atoms with Crippen LogP contribution in [0.25, 0.3) is 0 Å². The molecule has 0 aromatic heterocycles. The number of hydrogen-bond donors (Lipinski definition) is 2. The van der Waals surface area contributed by atoms with Crippen molar-refractivity contribution in [2.75, 3.05) is 41.5 Å². The molecule has 0 aliphatic rings. The van der Waals surface area contributed by atoms with Crippen LogP contribution in [0, 0.1) is 0 Å². The molecule has 4 aromatic carbocycles. The van der Waals surface area contributed by atoms with E-state index in [0.717, 1.165) is 54.2 Å². The van der Waals surface area contributed by atoms with Gasteiger partial charge in [-0.05, 0) is 47.5 Å². The average Bonchev–Trinajstić information content (AvgIpc) is 3.06. The zero-order valence-electron chi connectivity index (χ0n) is 25.4. The first kappa shape index (κ1) is 33.5. The van der Waals surface area contributed by atoms with Gasteiger partial charge in [-0.25, -0.2) is 0 Å². The minimum atomic E-state index is -0.390. The van der Waals surface area contributed by atoms with Gasteiger partial charge in [-0.15, -0.1) is 0 Å². The molecule has 0 radical (unpaired) electrons. The molecule has 0 fully saturated rings. The normalized spacial score (nSPS) is 12.3. The van der Waals surface area contributed by atoms with E-state index in [4.69, 9.17) is 18.9 Å². The third kappa shape index (κ3) is 8.85. The topological polar surface area (TPSA) is 78.1 Å². The number of nitrogens with one attached hydrogen (secondary N) is 2. The predicted molar refractivity (Wildman–Crippen MR) is 181 cm³/mol. The molecule has 2 N–H and O–H groups in total. The van der Waals surface area contributed by atoms with Crippen molar-refractivity contribution in [3.8, 4) is 23.0 Å². The molecule has 0 saturated carbocycles. The van der Waals surface area contributed by atoms with E-state index in [9.17, 15) is 4.79 Å². The minimum Gasteiger partial charge on any atom is -0.497 e. The number of hydrogen-bond acceptors (Lipinski definition) is 7. The number of carbonyl (C=O) groups is 1. The number of carbonyl (C=O) groups excluding carboxylic acids is 1. The van der Waals surface area contributed by atoms with Crippen molar-refractivity contribution in [3.05, 3.63) is 116 Å². The lowest BCUT2D eigenvalue weighted by molar-refractivity contribution is -0.121. The number of ketones is 1. The molecule has 0 spiro atoms. The fourth-order valence-electron chi connectivity index (χ4n) is 5.10. The maximum atomic E-state index is 14.5. The predicted octanol–water partition coefficient (Wildman–Crippen LogP) is 7.26. The zero-order chi connectivity index (χ0) is 31.5. The Hall–Kier alpha value is -3.37. The van der Waals surface area contributed by atoms with E-state index in [1.165, 1.54) is 0 Å². The van der Waals surface area contributed by atoms with Gasteiger partial charge in [0.05, 0.1) is 40.3 Å². The second-order valence-corrected chi connectivity index (χ2v) is 12.1. The van der Waals surface area contributed by atoms with E-state index in [1.54, 1.807) is 28.4 Å². The lowest BCUT2D eigenvalue weighted by atomic mass is 9.83. The Kier molecular flexibility index (Phi) is 12.7. The van der Waals surface area contributed by atoms with Crippen LogP contribution >= 0.6 is 31.9 Å². The van der Waals surface area contributed by atoms with Crippen LogP contribution in [0.1, 0.15) is 34.1 Å². The van der Waals surface area contributed by atoms with Gasteiger partial charge < -0.3 is 29.6 Å². The summed E-state index contributed by atoms with van der Waals surface area (Å²) < 4.78 is 23.8. The number of rotatable bonds is 16. The lowest BCUT2D eigenvalue weighted by Gasteiger charge is -2.25. The summed E-state index contributed by atoms with van der Waals surface area (Å²) in [5.41, 5.74) is 3.86. The fourth-order valence-corrected chi connectivity index (χ4v) is 5.63. The van der Waals surface area contributed by atoms with Crippen LogP contribution in [0.4, 0.5) is 0 Å². The smallest absolute Gasteiger partial charge is 0.150 e. The summed E-state index contributed by atoms with van der Waals surface area (Å²) in [6.07, 6.45) is 0. The molecule has 0 aliphatic carbocycles. The minimum absolute atomic E-state index is 0.123. The Balaban J connectivity index is 1.58. The first-order valence-corrected chi connectivity index (χ1v) is 15.8. The summed E-state index contributed by atoms with van der Waals surface area (Å²) in [5.74, 6) is 2.26. The quantitative estimate of drug-likeness (QED) is 0.126. The lowest BCUT2D eigenvalue weighted by Crippen LogP contribution is -2.34. The molecule has 4 rings (SSSR count). The maximum Gasteiger partial charge on any atom is 0.150 e. The highest BCUT2D eigenvalue weighted by atomic mass is 79.9. The molecule has 2 atom stereocenters. The Labute approximate surface area is 276 Å². The Bertz CT molecular complexity index is 1400. The highest BCUT2D eigenvalue weighted by Gasteiger charge is 2.29. The molecule has 0 bridgehead atoms. The molecule has 0 amide bonds. The number of halogens is 2. The largest absolute Gasteiger partial charge is 0.497 e. The third-order valence-corrected chi connectivity index (χ3v) is 8.61. The molecule has 0 aliphatic heterocycles. The first-order valence-electron chi connectivity index (χ1n) is 14.2. The van der Waals surface area contributed by atoms with Crippen molar-refractivity contribution in [1.82, 2.24) is 10.6 Å². The summed E-state index contributed by atoms with van der Waals surface area (Å²) in [6.45, 7) is 1.97. The molecule has 44 heavy (non-hydrogen) atoms. The molecule has 2 unspecified atom stereocenters. The summed E-state index contributed by atoms with van der Waals surface area (Å²) in [5, 5.41) is 7.04. The fraction of sp³-hybridized carbons (Fsp3) is 0.286. The summed E-state index contributed by atoms with van der Waals surface area (Å²) in [7, 11) is 6.55. The van der Waals surface area contributed by atoms with Crippen LogP contribution in [0.5, 0.6) is 23.0 Å². The van der Waals surface area contributed by atoms with E-state index < -0.39 is 11.8 Å². The van der Waals surface area contributed by atoms with Crippen molar-refractivity contribution < 1.29 is 23.7 Å². The van der Waals surface area contributed by atoms with Gasteiger partial charge in [0.2, 0.25) is 0 Å². The van der Waals surface area contributed by atoms with E-state index in [2.05, 4.69) is 42.5 Å². The van der Waals surface area contributed by atoms with Gasteiger partial charge in [0, 0.05) is 58.4 Å². The second-order valence-electron chi connectivity index (χ2n) is 10.2. The van der Waals surface area contributed by atoms with Gasteiger partial charge >= 0.3 is 0 Å². The molecule has 0 saturated heterocycles. The SMILES string of the molecule is COc1ccc(CNCC(C(=O)C(CNCc2ccc(OC)cc2OC)c2ccc(Br)cc2)c2ccc(Br)cc2)c(OC)c1. The van der Waals surface area contributed by atoms with Gasteiger partial charge in [0.1, 0.15) is 28.8 Å². The highest BCUT2D eigenvalue weighted by Crippen LogP contribution is 2.30. The molecule has 9 heteroatoms. The molecule has 7 nitrogen and oxygen atoms in total. The molecule has 4 aromatic rings. The van der Waals surface area contributed by atoms with Crippen LogP contribution < -0.4 is 29.6 Å². The van der Waals surface area contributed by atoms with E-state index >= 15 is 0 Å². The number of methoxy groups -OCH3 is 4. The van der Waals surface area contributed by atoms with Crippen LogP contribution in [0.2, 0.25) is 0 Å². The standard InChI is InChI=1S/C35H38Br2N2O5/c1-41-29-15-9-25(33(17-29)43-3)19-38-21-31(23-5-11-27(36)12-6-23)35(40)32(24-7-13-28(37)14-8-24)22-39-20-26-10-16-30(42-2)18-34(26)44-4/h5-18,31-32,38-39H,19-22H2,1-4H3. The molecule has 0 heterocycles. The van der Waals surface area contributed by atoms with Crippen LogP contribution in [-0.4, -0.2) is 47.3 Å². The zero-order valence-corrected chi connectivity index (χ0v) is 28.5. The van der Waals surface area contributed by atoms with Crippen molar-refractivity contribution in [2.45, 2.75) is 24.9 Å². The Morgan fingerprint density at radius 3 is 1.32 bits per heavy atom. The van der Waals surface area contributed by atoms with Crippen molar-refractivity contribution in [3.63, 3.8) is 0 Å². The number of Topliss-reactive ketones (excluding diaryl/α,β-unsaturated/α-hetero) is 1. The first-order chi connectivity index (χ1) is 21.4. The van der Waals surface area contributed by atoms with E-state index in [-0.39, 0.29) is 5.78 Å². The molecule has 232 valence electrons. The van der Waals surface area contributed by atoms with E-state index in [0.29, 0.717) is 26.2 Å². The maximum absolute atomic E-state index is 14.5. The van der Waals surface area contributed by atoms with Gasteiger partial charge in [-0.3, -0.25) is 4.79 Å². The van der Waals surface area contributed by atoms with Crippen molar-refractivity contribution in [1.29, 1.82) is 0 Å². The van der Waals surface area contributed by atoms with E-state index in [1.807, 2.05) is 84.9 Å². The number of benzene rings is 4. The highest BCUT2D eigenvalue weighted by molar-refractivity contribution is 9.10. The van der Waals surface area contributed by atoms with Gasteiger partial charge in [-0.2, -0.15) is 0 Å². The second kappa shape index (κ2) is 16.6. The van der Waals surface area contributed by atoms with Crippen LogP contribution in [0.3, 0.4) is 0 Å². The Morgan fingerprint density at radius 2 is 0.977 bits per heavy atom. The monoisotopic (exact) mass is 724 g/mol. The van der Waals surface area contributed by atoms with Crippen LogP contribution in [0.15, 0.2) is 93.9 Å². The number of ether oxygens (including phenoxy) is 4. The van der Waals surface area contributed by atoms with Gasteiger partial charge in [0.15, 0.2) is 0 Å². The third-order valence-electron chi connectivity index (χ3n) is 7.55. The Morgan fingerprint density at radius 1 is 0.591 bits per heavy atom. The van der Waals surface area contributed by atoms with Crippen molar-refractivity contribution in [2.24, 2.45) is 0 Å². The van der Waals surface area contributed by atoms with Crippen LogP contribution in [-0.2, 0) is 17.9 Å². The average molecular weight is 727 g/mol. The van der Waals surface area contributed by atoms with Gasteiger partial charge in [-0.1, -0.05) is 68.3 Å².